The maximum absolute atomic E-state index is 12.6. The topological polar surface area (TPSA) is 128 Å². The number of nitro groups is 1. The van der Waals surface area contributed by atoms with Crippen LogP contribution in [0.25, 0.3) is 0 Å². The maximum Gasteiger partial charge on any atom is 0.338 e. The minimum absolute atomic E-state index is 0.0786. The molecule has 1 aliphatic heterocycles. The second-order valence-corrected chi connectivity index (χ2v) is 6.88. The molecule has 2 aromatic carbocycles. The molecule has 3 rings (SSSR count). The van der Waals surface area contributed by atoms with Gasteiger partial charge in [-0.15, -0.1) is 0 Å². The molecular formula is C21H21N3O7. The summed E-state index contributed by atoms with van der Waals surface area (Å²) in [6.45, 7) is 1.36. The van der Waals surface area contributed by atoms with E-state index in [1.54, 1.807) is 23.1 Å². The summed E-state index contributed by atoms with van der Waals surface area (Å²) in [5.74, 6) is -1.16. The van der Waals surface area contributed by atoms with Gasteiger partial charge in [0.15, 0.2) is 6.61 Å². The SMILES string of the molecule is COC(=O)c1cc(C(=O)Nc2cccc(OCC(=O)N3CCCC3)c2)cc([N+](=O)[O-])c1. The molecule has 162 valence electrons. The highest BCUT2D eigenvalue weighted by Gasteiger charge is 2.20. The van der Waals surface area contributed by atoms with Crippen molar-refractivity contribution in [2.45, 2.75) is 12.8 Å². The van der Waals surface area contributed by atoms with Gasteiger partial charge >= 0.3 is 5.97 Å². The van der Waals surface area contributed by atoms with Gasteiger partial charge in [0, 0.05) is 42.5 Å². The van der Waals surface area contributed by atoms with E-state index in [2.05, 4.69) is 10.1 Å². The van der Waals surface area contributed by atoms with Crippen LogP contribution in [0, 0.1) is 10.1 Å². The maximum atomic E-state index is 12.6. The van der Waals surface area contributed by atoms with Crippen molar-refractivity contribution >= 4 is 29.2 Å². The largest absolute Gasteiger partial charge is 0.484 e. The lowest BCUT2D eigenvalue weighted by atomic mass is 10.1. The van der Waals surface area contributed by atoms with Gasteiger partial charge in [0.25, 0.3) is 17.5 Å². The predicted octanol–water partition coefficient (Wildman–Crippen LogP) is 2.63. The molecule has 1 fully saturated rings. The Labute approximate surface area is 177 Å². The first-order valence-corrected chi connectivity index (χ1v) is 9.57. The van der Waals surface area contributed by atoms with Gasteiger partial charge in [-0.2, -0.15) is 0 Å². The number of nitrogens with one attached hydrogen (secondary N) is 1. The highest BCUT2D eigenvalue weighted by atomic mass is 16.6. The summed E-state index contributed by atoms with van der Waals surface area (Å²) in [5, 5.41) is 13.7. The smallest absolute Gasteiger partial charge is 0.338 e. The summed E-state index contributed by atoms with van der Waals surface area (Å²) in [7, 11) is 1.14. The van der Waals surface area contributed by atoms with Crippen LogP contribution in [0.1, 0.15) is 33.6 Å². The number of nitro benzene ring substituents is 1. The van der Waals surface area contributed by atoms with Crippen molar-refractivity contribution in [2.24, 2.45) is 0 Å². The Hall–Kier alpha value is -3.95. The Morgan fingerprint density at radius 1 is 1.10 bits per heavy atom. The van der Waals surface area contributed by atoms with Crippen LogP contribution in [0.5, 0.6) is 5.75 Å². The monoisotopic (exact) mass is 427 g/mol. The van der Waals surface area contributed by atoms with Gasteiger partial charge < -0.3 is 19.7 Å². The van der Waals surface area contributed by atoms with Gasteiger partial charge in [0.1, 0.15) is 5.75 Å². The molecule has 1 aliphatic rings. The van der Waals surface area contributed by atoms with Gasteiger partial charge in [0.05, 0.1) is 17.6 Å². The number of esters is 1. The molecule has 31 heavy (non-hydrogen) atoms. The molecule has 0 aromatic heterocycles. The molecule has 0 aliphatic carbocycles. The average molecular weight is 427 g/mol. The number of amides is 2. The van der Waals surface area contributed by atoms with Crippen molar-refractivity contribution in [1.29, 1.82) is 0 Å². The molecule has 0 spiro atoms. The molecule has 10 nitrogen and oxygen atoms in total. The van der Waals surface area contributed by atoms with Gasteiger partial charge in [-0.3, -0.25) is 19.7 Å². The third kappa shape index (κ3) is 5.56. The number of nitrogens with zero attached hydrogens (tertiary/aromatic N) is 2. The van der Waals surface area contributed by atoms with E-state index in [1.165, 1.54) is 12.1 Å². The minimum atomic E-state index is -0.796. The number of non-ortho nitro benzene ring substituents is 1. The fourth-order valence-electron chi connectivity index (χ4n) is 3.15. The molecule has 1 heterocycles. The van der Waals surface area contributed by atoms with Gasteiger partial charge in [-0.1, -0.05) is 6.07 Å². The number of rotatable bonds is 7. The van der Waals surface area contributed by atoms with Crippen LogP contribution in [-0.2, 0) is 9.53 Å². The number of ether oxygens (including phenoxy) is 2. The number of carbonyl (C=O) groups excluding carboxylic acids is 3. The highest BCUT2D eigenvalue weighted by molar-refractivity contribution is 6.06. The Kier molecular flexibility index (Phi) is 6.81. The third-order valence-electron chi connectivity index (χ3n) is 4.72. The third-order valence-corrected chi connectivity index (χ3v) is 4.72. The van der Waals surface area contributed by atoms with Crippen molar-refractivity contribution < 1.29 is 28.8 Å². The van der Waals surface area contributed by atoms with E-state index >= 15 is 0 Å². The summed E-state index contributed by atoms with van der Waals surface area (Å²) in [4.78, 5) is 48.7. The average Bonchev–Trinajstić information content (AvgIpc) is 3.32. The first-order chi connectivity index (χ1) is 14.9. The first-order valence-electron chi connectivity index (χ1n) is 9.57. The normalized spacial score (nSPS) is 12.9. The molecule has 1 saturated heterocycles. The zero-order valence-electron chi connectivity index (χ0n) is 16.8. The van der Waals surface area contributed by atoms with Gasteiger partial charge in [0.2, 0.25) is 0 Å². The molecule has 10 heteroatoms. The molecule has 2 aromatic rings. The van der Waals surface area contributed by atoms with Crippen LogP contribution in [0.2, 0.25) is 0 Å². The van der Waals surface area contributed by atoms with E-state index < -0.39 is 22.5 Å². The zero-order chi connectivity index (χ0) is 22.4. The number of carbonyl (C=O) groups is 3. The fourth-order valence-corrected chi connectivity index (χ4v) is 3.15. The summed E-state index contributed by atoms with van der Waals surface area (Å²) >= 11 is 0. The summed E-state index contributed by atoms with van der Waals surface area (Å²) in [6, 6.07) is 9.74. The van der Waals surface area contributed by atoms with Crippen molar-refractivity contribution in [1.82, 2.24) is 4.90 Å². The molecule has 0 atom stereocenters. The molecule has 1 N–H and O–H groups in total. The molecule has 0 bridgehead atoms. The van der Waals surface area contributed by atoms with Gasteiger partial charge in [-0.05, 0) is 31.0 Å². The van der Waals surface area contributed by atoms with Gasteiger partial charge in [-0.25, -0.2) is 4.79 Å². The predicted molar refractivity (Wildman–Crippen MR) is 110 cm³/mol. The molecule has 2 amide bonds. The summed E-state index contributed by atoms with van der Waals surface area (Å²) < 4.78 is 10.1. The Morgan fingerprint density at radius 3 is 2.48 bits per heavy atom. The minimum Gasteiger partial charge on any atom is -0.484 e. The number of hydrogen-bond acceptors (Lipinski definition) is 7. The van der Waals surface area contributed by atoms with Crippen LogP contribution in [0.4, 0.5) is 11.4 Å². The Morgan fingerprint density at radius 2 is 1.81 bits per heavy atom. The number of methoxy groups -OCH3 is 1. The van der Waals surface area contributed by atoms with E-state index in [0.29, 0.717) is 11.4 Å². The van der Waals surface area contributed by atoms with E-state index in [4.69, 9.17) is 4.74 Å². The van der Waals surface area contributed by atoms with Crippen LogP contribution in [0.15, 0.2) is 42.5 Å². The van der Waals surface area contributed by atoms with Crippen LogP contribution >= 0.6 is 0 Å². The first kappa shape index (κ1) is 21.8. The van der Waals surface area contributed by atoms with Crippen LogP contribution in [-0.4, -0.2) is 54.4 Å². The molecule has 0 unspecified atom stereocenters. The lowest BCUT2D eigenvalue weighted by molar-refractivity contribution is -0.384. The summed E-state index contributed by atoms with van der Waals surface area (Å²) in [6.07, 6.45) is 1.98. The van der Waals surface area contributed by atoms with Crippen molar-refractivity contribution in [2.75, 3.05) is 32.1 Å². The lowest BCUT2D eigenvalue weighted by Crippen LogP contribution is -2.32. The van der Waals surface area contributed by atoms with Crippen molar-refractivity contribution in [3.63, 3.8) is 0 Å². The van der Waals surface area contributed by atoms with E-state index in [0.717, 1.165) is 45.2 Å². The standard InChI is InChI=1S/C21H21N3O7/c1-30-21(27)15-9-14(10-17(11-15)24(28)29)20(26)22-16-5-4-6-18(12-16)31-13-19(25)23-7-2-3-8-23/h4-6,9-12H,2-3,7-8,13H2,1H3,(H,22,26). The van der Waals surface area contributed by atoms with Crippen molar-refractivity contribution in [3.05, 3.63) is 63.7 Å². The number of anilines is 1. The number of benzene rings is 2. The second-order valence-electron chi connectivity index (χ2n) is 6.88. The fraction of sp³-hybridized carbons (Fsp3) is 0.286. The quantitative estimate of drug-likeness (QED) is 0.409. The Bertz CT molecular complexity index is 1020. The van der Waals surface area contributed by atoms with Crippen molar-refractivity contribution in [3.8, 4) is 5.75 Å². The van der Waals surface area contributed by atoms with E-state index in [1.807, 2.05) is 0 Å². The molecule has 0 saturated carbocycles. The van der Waals surface area contributed by atoms with Crippen LogP contribution in [0.3, 0.4) is 0 Å². The molecular weight excluding hydrogens is 406 g/mol. The number of hydrogen-bond donors (Lipinski definition) is 1. The number of likely N-dealkylation sites (tertiary alicyclic amines) is 1. The summed E-state index contributed by atoms with van der Waals surface area (Å²) in [5.41, 5.74) is -0.239. The molecule has 0 radical (unpaired) electrons. The Balaban J connectivity index is 1.71. The second kappa shape index (κ2) is 9.70. The van der Waals surface area contributed by atoms with E-state index in [9.17, 15) is 24.5 Å². The highest BCUT2D eigenvalue weighted by Crippen LogP contribution is 2.22. The van der Waals surface area contributed by atoms with E-state index in [-0.39, 0.29) is 23.6 Å². The van der Waals surface area contributed by atoms with Crippen LogP contribution < -0.4 is 10.1 Å². The lowest BCUT2D eigenvalue weighted by Gasteiger charge is -2.15. The zero-order valence-corrected chi connectivity index (χ0v) is 16.8.